The van der Waals surface area contributed by atoms with Crippen LogP contribution in [0.25, 0.3) is 21.2 Å². The Labute approximate surface area is 149 Å². The number of carbonyl (C=O) groups is 1. The number of aliphatic carboxylic acids is 1. The maximum absolute atomic E-state index is 11.0. The van der Waals surface area contributed by atoms with E-state index in [1.807, 2.05) is 30.3 Å². The van der Waals surface area contributed by atoms with Crippen molar-refractivity contribution in [3.05, 3.63) is 64.2 Å². The second-order valence-corrected chi connectivity index (χ2v) is 7.57. The Morgan fingerprint density at radius 1 is 1.21 bits per heavy atom. The molecule has 2 aromatic carbocycles. The molecule has 1 heterocycles. The molecule has 0 fully saturated rings. The number of thioether (sulfide) groups is 1. The van der Waals surface area contributed by atoms with Crippen molar-refractivity contribution < 1.29 is 9.90 Å². The molecule has 0 spiro atoms. The molecular formula is C19H17NO2S2. The Morgan fingerprint density at radius 2 is 2.00 bits per heavy atom. The number of carboxylic acid groups (broad SMARTS) is 1. The molecule has 0 aliphatic rings. The molecule has 0 aliphatic carbocycles. The van der Waals surface area contributed by atoms with Crippen molar-refractivity contribution in [3.63, 3.8) is 0 Å². The van der Waals surface area contributed by atoms with Crippen molar-refractivity contribution in [1.82, 2.24) is 4.98 Å². The Kier molecular flexibility index (Phi) is 5.02. The zero-order valence-electron chi connectivity index (χ0n) is 13.4. The average Bonchev–Trinajstić information content (AvgIpc) is 2.98. The normalized spacial score (nSPS) is 11.8. The number of nitrogens with zero attached hydrogens (tertiary/aromatic N) is 1. The minimum absolute atomic E-state index is 0.0204. The van der Waals surface area contributed by atoms with Crippen molar-refractivity contribution >= 4 is 50.3 Å². The largest absolute Gasteiger partial charge is 0.481 e. The van der Waals surface area contributed by atoms with Crippen LogP contribution in [0.3, 0.4) is 0 Å². The van der Waals surface area contributed by atoms with E-state index in [-0.39, 0.29) is 5.75 Å². The van der Waals surface area contributed by atoms with Crippen LogP contribution in [-0.4, -0.2) is 21.8 Å². The van der Waals surface area contributed by atoms with Crippen LogP contribution in [0.5, 0.6) is 0 Å². The second kappa shape index (κ2) is 7.20. The SMILES string of the molecule is Cc1ccc(/C=C(/SCC(=O)O)c2nc3ccccc3s2)cc1C. The van der Waals surface area contributed by atoms with Gasteiger partial charge in [-0.05, 0) is 48.7 Å². The summed E-state index contributed by atoms with van der Waals surface area (Å²) in [5.41, 5.74) is 4.46. The Morgan fingerprint density at radius 3 is 2.71 bits per heavy atom. The van der Waals surface area contributed by atoms with Gasteiger partial charge in [-0.15, -0.1) is 23.1 Å². The van der Waals surface area contributed by atoms with E-state index >= 15 is 0 Å². The monoisotopic (exact) mass is 355 g/mol. The van der Waals surface area contributed by atoms with Crippen molar-refractivity contribution in [1.29, 1.82) is 0 Å². The number of aromatic nitrogens is 1. The minimum Gasteiger partial charge on any atom is -0.481 e. The van der Waals surface area contributed by atoms with Crippen LogP contribution in [0.4, 0.5) is 0 Å². The summed E-state index contributed by atoms with van der Waals surface area (Å²) in [5.74, 6) is -0.806. The number of hydrogen-bond donors (Lipinski definition) is 1. The van der Waals surface area contributed by atoms with E-state index in [9.17, 15) is 4.79 Å². The summed E-state index contributed by atoms with van der Waals surface area (Å²) in [4.78, 5) is 16.5. The highest BCUT2D eigenvalue weighted by Gasteiger charge is 2.12. The quantitative estimate of drug-likeness (QED) is 0.681. The van der Waals surface area contributed by atoms with Gasteiger partial charge in [-0.3, -0.25) is 4.79 Å². The molecule has 0 bridgehead atoms. The lowest BCUT2D eigenvalue weighted by atomic mass is 10.1. The maximum Gasteiger partial charge on any atom is 0.313 e. The van der Waals surface area contributed by atoms with Gasteiger partial charge in [0.25, 0.3) is 0 Å². The number of carboxylic acids is 1. The fourth-order valence-electron chi connectivity index (χ4n) is 2.29. The van der Waals surface area contributed by atoms with Gasteiger partial charge in [-0.25, -0.2) is 4.98 Å². The predicted molar refractivity (Wildman–Crippen MR) is 104 cm³/mol. The third kappa shape index (κ3) is 3.86. The molecule has 0 amide bonds. The number of thiazole rings is 1. The molecular weight excluding hydrogens is 338 g/mol. The molecule has 3 rings (SSSR count). The first-order valence-corrected chi connectivity index (χ1v) is 9.32. The summed E-state index contributed by atoms with van der Waals surface area (Å²) in [6, 6.07) is 14.2. The first-order valence-electron chi connectivity index (χ1n) is 7.52. The first kappa shape index (κ1) is 16.7. The Bertz CT molecular complexity index is 895. The smallest absolute Gasteiger partial charge is 0.313 e. The van der Waals surface area contributed by atoms with E-state index in [2.05, 4.69) is 37.0 Å². The number of fused-ring (bicyclic) bond motifs is 1. The van der Waals surface area contributed by atoms with Crippen LogP contribution in [0.15, 0.2) is 42.5 Å². The van der Waals surface area contributed by atoms with Crippen LogP contribution >= 0.6 is 23.1 Å². The van der Waals surface area contributed by atoms with Gasteiger partial charge >= 0.3 is 5.97 Å². The summed E-state index contributed by atoms with van der Waals surface area (Å²) in [7, 11) is 0. The van der Waals surface area contributed by atoms with Crippen LogP contribution in [0.1, 0.15) is 21.7 Å². The van der Waals surface area contributed by atoms with Gasteiger partial charge in [0, 0.05) is 4.91 Å². The third-order valence-electron chi connectivity index (χ3n) is 3.68. The summed E-state index contributed by atoms with van der Waals surface area (Å²) >= 11 is 2.90. The van der Waals surface area contributed by atoms with Gasteiger partial charge in [0.2, 0.25) is 0 Å². The fourth-order valence-corrected chi connectivity index (χ4v) is 4.13. The van der Waals surface area contributed by atoms with Crippen molar-refractivity contribution in [2.45, 2.75) is 13.8 Å². The van der Waals surface area contributed by atoms with E-state index in [0.29, 0.717) is 0 Å². The summed E-state index contributed by atoms with van der Waals surface area (Å²) < 4.78 is 1.11. The van der Waals surface area contributed by atoms with Crippen molar-refractivity contribution in [3.8, 4) is 0 Å². The van der Waals surface area contributed by atoms with E-state index in [1.54, 1.807) is 11.3 Å². The molecule has 0 saturated heterocycles. The highest BCUT2D eigenvalue weighted by atomic mass is 32.2. The number of para-hydroxylation sites is 1. The highest BCUT2D eigenvalue weighted by Crippen LogP contribution is 2.35. The molecule has 0 atom stereocenters. The van der Waals surface area contributed by atoms with Crippen molar-refractivity contribution in [2.24, 2.45) is 0 Å². The molecule has 5 heteroatoms. The molecule has 0 aliphatic heterocycles. The first-order chi connectivity index (χ1) is 11.5. The molecule has 0 radical (unpaired) electrons. The summed E-state index contributed by atoms with van der Waals surface area (Å²) in [6.45, 7) is 4.16. The average molecular weight is 355 g/mol. The Balaban J connectivity index is 2.02. The van der Waals surface area contributed by atoms with Gasteiger partial charge in [-0.1, -0.05) is 30.3 Å². The zero-order chi connectivity index (χ0) is 17.1. The predicted octanol–water partition coefficient (Wildman–Crippen LogP) is 5.23. The van der Waals surface area contributed by atoms with Gasteiger partial charge in [0.15, 0.2) is 0 Å². The molecule has 0 unspecified atom stereocenters. The van der Waals surface area contributed by atoms with E-state index in [1.165, 1.54) is 22.9 Å². The van der Waals surface area contributed by atoms with Crippen molar-refractivity contribution in [2.75, 3.05) is 5.75 Å². The number of rotatable bonds is 5. The molecule has 3 nitrogen and oxygen atoms in total. The third-order valence-corrected chi connectivity index (χ3v) is 5.90. The molecule has 1 aromatic heterocycles. The fraction of sp³-hybridized carbons (Fsp3) is 0.158. The van der Waals surface area contributed by atoms with Gasteiger partial charge in [-0.2, -0.15) is 0 Å². The molecule has 24 heavy (non-hydrogen) atoms. The van der Waals surface area contributed by atoms with Gasteiger partial charge < -0.3 is 5.11 Å². The minimum atomic E-state index is -0.827. The van der Waals surface area contributed by atoms with Crippen LogP contribution in [-0.2, 0) is 4.79 Å². The molecule has 1 N–H and O–H groups in total. The number of hydrogen-bond acceptors (Lipinski definition) is 4. The standard InChI is InChI=1S/C19H17NO2S2/c1-12-7-8-14(9-13(12)2)10-17(23-11-18(21)22)19-20-15-5-3-4-6-16(15)24-19/h3-10H,11H2,1-2H3,(H,21,22)/b17-10+. The van der Waals surface area contributed by atoms with E-state index < -0.39 is 5.97 Å². The van der Waals surface area contributed by atoms with Gasteiger partial charge in [0.05, 0.1) is 16.0 Å². The van der Waals surface area contributed by atoms with Crippen LogP contribution in [0, 0.1) is 13.8 Å². The maximum atomic E-state index is 11.0. The second-order valence-electron chi connectivity index (χ2n) is 5.52. The van der Waals surface area contributed by atoms with E-state index in [0.717, 1.165) is 25.7 Å². The number of aryl methyl sites for hydroxylation is 2. The highest BCUT2D eigenvalue weighted by molar-refractivity contribution is 8.09. The zero-order valence-corrected chi connectivity index (χ0v) is 15.1. The lowest BCUT2D eigenvalue weighted by Crippen LogP contribution is -1.98. The number of benzene rings is 2. The summed E-state index contributed by atoms with van der Waals surface area (Å²) in [6.07, 6.45) is 2.03. The van der Waals surface area contributed by atoms with E-state index in [4.69, 9.17) is 5.11 Å². The lowest BCUT2D eigenvalue weighted by Gasteiger charge is -2.05. The van der Waals surface area contributed by atoms with Crippen LogP contribution in [0.2, 0.25) is 0 Å². The topological polar surface area (TPSA) is 50.2 Å². The van der Waals surface area contributed by atoms with Crippen LogP contribution < -0.4 is 0 Å². The lowest BCUT2D eigenvalue weighted by molar-refractivity contribution is -0.133. The van der Waals surface area contributed by atoms with Gasteiger partial charge in [0.1, 0.15) is 5.01 Å². The Hall–Kier alpha value is -2.11. The summed E-state index contributed by atoms with van der Waals surface area (Å²) in [5, 5.41) is 9.89. The molecule has 3 aromatic rings. The molecule has 122 valence electrons. The molecule has 0 saturated carbocycles.